The fourth-order valence-corrected chi connectivity index (χ4v) is 2.04. The number of hydrogen-bond donors (Lipinski definition) is 1. The fourth-order valence-electron chi connectivity index (χ4n) is 1.63. The van der Waals surface area contributed by atoms with E-state index in [1.54, 1.807) is 6.07 Å². The van der Waals surface area contributed by atoms with E-state index >= 15 is 0 Å². The minimum Gasteiger partial charge on any atom is -0.306 e. The second-order valence-electron chi connectivity index (χ2n) is 4.05. The number of carbonyl (C=O) groups excluding carboxylic acids is 1. The van der Waals surface area contributed by atoms with Crippen molar-refractivity contribution in [1.82, 2.24) is 9.97 Å². The third-order valence-electron chi connectivity index (χ3n) is 2.76. The molecule has 1 aromatic heterocycles. The molecule has 2 aromatic rings. The summed E-state index contributed by atoms with van der Waals surface area (Å²) in [7, 11) is 0. The van der Waals surface area contributed by atoms with E-state index in [-0.39, 0.29) is 22.2 Å². The summed E-state index contributed by atoms with van der Waals surface area (Å²) in [6, 6.07) is 6.97. The highest BCUT2D eigenvalue weighted by atomic mass is 35.5. The summed E-state index contributed by atoms with van der Waals surface area (Å²) < 4.78 is 0. The summed E-state index contributed by atoms with van der Waals surface area (Å²) in [5, 5.41) is 2.82. The van der Waals surface area contributed by atoms with Crippen LogP contribution in [0.25, 0.3) is 0 Å². The van der Waals surface area contributed by atoms with Crippen LogP contribution in [-0.2, 0) is 0 Å². The number of rotatable bonds is 2. The van der Waals surface area contributed by atoms with Crippen LogP contribution in [0.15, 0.2) is 24.3 Å². The molecule has 1 aromatic carbocycles. The molecule has 98 valence electrons. The number of nitrogens with zero attached hydrogens (tertiary/aromatic N) is 2. The zero-order chi connectivity index (χ0) is 14.0. The smallest absolute Gasteiger partial charge is 0.257 e. The summed E-state index contributed by atoms with van der Waals surface area (Å²) in [6.45, 7) is 3.84. The molecular weight excluding hydrogens is 285 g/mol. The van der Waals surface area contributed by atoms with Gasteiger partial charge in [0, 0.05) is 11.6 Å². The summed E-state index contributed by atoms with van der Waals surface area (Å²) in [5.74, 6) is 0.0166. The van der Waals surface area contributed by atoms with Crippen molar-refractivity contribution in [2.75, 3.05) is 5.32 Å². The standard InChI is InChI=1S/C13H11Cl2N3O/c1-7-4-3-5-9(8(7)2)12(19)17-11-6-10(14)16-13(15)18-11/h3-6H,1-2H3,(H,16,17,18,19). The van der Waals surface area contributed by atoms with Crippen molar-refractivity contribution in [2.24, 2.45) is 0 Å². The molecule has 0 atom stereocenters. The Bertz CT molecular complexity index is 624. The maximum Gasteiger partial charge on any atom is 0.257 e. The highest BCUT2D eigenvalue weighted by Crippen LogP contribution is 2.17. The molecule has 0 aliphatic carbocycles. The molecular formula is C13H11Cl2N3O. The maximum absolute atomic E-state index is 12.2. The lowest BCUT2D eigenvalue weighted by Gasteiger charge is -2.09. The van der Waals surface area contributed by atoms with Crippen LogP contribution in [0, 0.1) is 13.8 Å². The van der Waals surface area contributed by atoms with E-state index in [1.165, 1.54) is 6.07 Å². The zero-order valence-corrected chi connectivity index (χ0v) is 11.9. The van der Waals surface area contributed by atoms with Crippen LogP contribution in [0.3, 0.4) is 0 Å². The van der Waals surface area contributed by atoms with E-state index in [0.29, 0.717) is 5.56 Å². The molecule has 0 aliphatic heterocycles. The molecule has 19 heavy (non-hydrogen) atoms. The van der Waals surface area contributed by atoms with Gasteiger partial charge in [0.25, 0.3) is 5.91 Å². The third-order valence-corrected chi connectivity index (χ3v) is 3.12. The normalized spacial score (nSPS) is 10.3. The van der Waals surface area contributed by atoms with E-state index in [1.807, 2.05) is 26.0 Å². The van der Waals surface area contributed by atoms with Crippen LogP contribution in [0.4, 0.5) is 5.82 Å². The highest BCUT2D eigenvalue weighted by Gasteiger charge is 2.12. The van der Waals surface area contributed by atoms with E-state index < -0.39 is 0 Å². The number of carbonyl (C=O) groups is 1. The van der Waals surface area contributed by atoms with Gasteiger partial charge in [-0.1, -0.05) is 23.7 Å². The molecule has 0 saturated heterocycles. The lowest BCUT2D eigenvalue weighted by atomic mass is 10.0. The first-order valence-corrected chi connectivity index (χ1v) is 6.30. The zero-order valence-electron chi connectivity index (χ0n) is 10.4. The number of anilines is 1. The lowest BCUT2D eigenvalue weighted by Crippen LogP contribution is -2.15. The van der Waals surface area contributed by atoms with Gasteiger partial charge in [0.1, 0.15) is 11.0 Å². The van der Waals surface area contributed by atoms with Gasteiger partial charge in [0.05, 0.1) is 0 Å². The lowest BCUT2D eigenvalue weighted by molar-refractivity contribution is 0.102. The second kappa shape index (κ2) is 5.55. The van der Waals surface area contributed by atoms with Gasteiger partial charge in [0.2, 0.25) is 5.28 Å². The minimum absolute atomic E-state index is 0.0104. The summed E-state index contributed by atoms with van der Waals surface area (Å²) in [6.07, 6.45) is 0. The largest absolute Gasteiger partial charge is 0.306 e. The summed E-state index contributed by atoms with van der Waals surface area (Å²) in [4.78, 5) is 19.8. The van der Waals surface area contributed by atoms with Gasteiger partial charge in [-0.15, -0.1) is 0 Å². The first kappa shape index (κ1) is 13.8. The van der Waals surface area contributed by atoms with Crippen molar-refractivity contribution in [3.8, 4) is 0 Å². The Labute approximate surface area is 120 Å². The molecule has 2 rings (SSSR count). The van der Waals surface area contributed by atoms with Crippen LogP contribution in [0.2, 0.25) is 10.4 Å². The molecule has 1 amide bonds. The van der Waals surface area contributed by atoms with Crippen LogP contribution in [-0.4, -0.2) is 15.9 Å². The van der Waals surface area contributed by atoms with Crippen molar-refractivity contribution >= 4 is 34.9 Å². The van der Waals surface area contributed by atoms with Crippen molar-refractivity contribution in [3.05, 3.63) is 51.4 Å². The van der Waals surface area contributed by atoms with Crippen molar-refractivity contribution in [1.29, 1.82) is 0 Å². The Morgan fingerprint density at radius 2 is 1.95 bits per heavy atom. The Morgan fingerprint density at radius 1 is 1.21 bits per heavy atom. The molecule has 0 bridgehead atoms. The monoisotopic (exact) mass is 295 g/mol. The minimum atomic E-state index is -0.257. The predicted molar refractivity (Wildman–Crippen MR) is 75.9 cm³/mol. The van der Waals surface area contributed by atoms with Gasteiger partial charge in [-0.2, -0.15) is 0 Å². The number of nitrogens with one attached hydrogen (secondary N) is 1. The highest BCUT2D eigenvalue weighted by molar-refractivity contribution is 6.32. The molecule has 0 unspecified atom stereocenters. The van der Waals surface area contributed by atoms with Crippen LogP contribution < -0.4 is 5.32 Å². The molecule has 6 heteroatoms. The van der Waals surface area contributed by atoms with Crippen LogP contribution in [0.1, 0.15) is 21.5 Å². The second-order valence-corrected chi connectivity index (χ2v) is 4.77. The van der Waals surface area contributed by atoms with Gasteiger partial charge in [-0.3, -0.25) is 4.79 Å². The molecule has 0 radical (unpaired) electrons. The Hall–Kier alpha value is -1.65. The average molecular weight is 296 g/mol. The van der Waals surface area contributed by atoms with E-state index in [2.05, 4.69) is 15.3 Å². The van der Waals surface area contributed by atoms with Crippen LogP contribution in [0.5, 0.6) is 0 Å². The molecule has 0 saturated carbocycles. The first-order chi connectivity index (χ1) is 8.97. The molecule has 1 heterocycles. The van der Waals surface area contributed by atoms with E-state index in [0.717, 1.165) is 11.1 Å². The van der Waals surface area contributed by atoms with Gasteiger partial charge < -0.3 is 5.32 Å². The Kier molecular flexibility index (Phi) is 4.02. The van der Waals surface area contributed by atoms with Crippen LogP contribution >= 0.6 is 23.2 Å². The molecule has 1 N–H and O–H groups in total. The third kappa shape index (κ3) is 3.22. The number of aromatic nitrogens is 2. The molecule has 0 fully saturated rings. The van der Waals surface area contributed by atoms with Crippen molar-refractivity contribution in [2.45, 2.75) is 13.8 Å². The number of hydrogen-bond acceptors (Lipinski definition) is 3. The van der Waals surface area contributed by atoms with Gasteiger partial charge >= 0.3 is 0 Å². The average Bonchev–Trinajstić information content (AvgIpc) is 2.31. The molecule has 0 aliphatic rings. The first-order valence-electron chi connectivity index (χ1n) is 5.55. The number of halogens is 2. The van der Waals surface area contributed by atoms with E-state index in [9.17, 15) is 4.79 Å². The molecule has 4 nitrogen and oxygen atoms in total. The number of benzene rings is 1. The Balaban J connectivity index is 2.28. The van der Waals surface area contributed by atoms with Gasteiger partial charge in [-0.25, -0.2) is 9.97 Å². The topological polar surface area (TPSA) is 54.9 Å². The quantitative estimate of drug-likeness (QED) is 0.679. The molecule has 0 spiro atoms. The summed E-state index contributed by atoms with van der Waals surface area (Å²) >= 11 is 11.4. The van der Waals surface area contributed by atoms with Gasteiger partial charge in [0.15, 0.2) is 0 Å². The van der Waals surface area contributed by atoms with Gasteiger partial charge in [-0.05, 0) is 42.6 Å². The Morgan fingerprint density at radius 3 is 2.63 bits per heavy atom. The van der Waals surface area contributed by atoms with Crippen molar-refractivity contribution in [3.63, 3.8) is 0 Å². The predicted octanol–water partition coefficient (Wildman–Crippen LogP) is 3.65. The number of aryl methyl sites for hydroxylation is 1. The maximum atomic E-state index is 12.2. The summed E-state index contributed by atoms with van der Waals surface area (Å²) in [5.41, 5.74) is 2.56. The fraction of sp³-hybridized carbons (Fsp3) is 0.154. The van der Waals surface area contributed by atoms with Crippen molar-refractivity contribution < 1.29 is 4.79 Å². The van der Waals surface area contributed by atoms with E-state index in [4.69, 9.17) is 23.2 Å². The number of amides is 1. The SMILES string of the molecule is Cc1cccc(C(=O)Nc2cc(Cl)nc(Cl)n2)c1C.